The number of fused-ring (bicyclic) bond motifs is 1. The van der Waals surface area contributed by atoms with Gasteiger partial charge in [-0.3, -0.25) is 4.90 Å². The summed E-state index contributed by atoms with van der Waals surface area (Å²) in [7, 11) is 3.74. The molecule has 0 bridgehead atoms. The number of aliphatic hydroxyl groups excluding tert-OH is 1. The summed E-state index contributed by atoms with van der Waals surface area (Å²) in [5, 5.41) is 10.9. The Kier molecular flexibility index (Phi) is 4.63. The third-order valence-corrected chi connectivity index (χ3v) is 5.54. The third-order valence-electron chi connectivity index (χ3n) is 4.54. The van der Waals surface area contributed by atoms with E-state index in [1.165, 1.54) is 0 Å². The van der Waals surface area contributed by atoms with Crippen molar-refractivity contribution in [2.45, 2.75) is 24.9 Å². The molecule has 1 fully saturated rings. The molecule has 1 aromatic heterocycles. The van der Waals surface area contributed by atoms with E-state index in [0.717, 1.165) is 40.4 Å². The lowest BCUT2D eigenvalue weighted by molar-refractivity contribution is -0.0493. The van der Waals surface area contributed by atoms with Crippen LogP contribution in [0.3, 0.4) is 0 Å². The van der Waals surface area contributed by atoms with Gasteiger partial charge in [0.1, 0.15) is 10.8 Å². The highest BCUT2D eigenvalue weighted by atomic mass is 32.1. The first-order valence-corrected chi connectivity index (χ1v) is 8.32. The number of benzene rings is 1. The lowest BCUT2D eigenvalue weighted by atomic mass is 9.89. The molecule has 120 valence electrons. The Morgan fingerprint density at radius 3 is 2.86 bits per heavy atom. The molecule has 0 saturated carbocycles. The Hall–Kier alpha value is -1.21. The molecule has 2 aromatic rings. The van der Waals surface area contributed by atoms with E-state index < -0.39 is 0 Å². The first-order valence-electron chi connectivity index (χ1n) is 7.50. The largest absolute Gasteiger partial charge is 0.497 e. The van der Waals surface area contributed by atoms with Crippen molar-refractivity contribution in [3.05, 3.63) is 23.2 Å². The average molecular weight is 322 g/mol. The molecular weight excluding hydrogens is 300 g/mol. The minimum atomic E-state index is -0.187. The van der Waals surface area contributed by atoms with Crippen LogP contribution in [-0.2, 0) is 11.3 Å². The molecule has 0 radical (unpaired) electrons. The molecule has 0 aliphatic carbocycles. The second-order valence-corrected chi connectivity index (χ2v) is 6.91. The molecule has 1 N–H and O–H groups in total. The smallest absolute Gasteiger partial charge is 0.120 e. The van der Waals surface area contributed by atoms with E-state index in [0.29, 0.717) is 13.2 Å². The van der Waals surface area contributed by atoms with Gasteiger partial charge in [-0.1, -0.05) is 0 Å². The Balaban J connectivity index is 1.79. The maximum atomic E-state index is 9.87. The highest BCUT2D eigenvalue weighted by Crippen LogP contribution is 2.31. The van der Waals surface area contributed by atoms with Crippen LogP contribution < -0.4 is 4.74 Å². The van der Waals surface area contributed by atoms with Crippen LogP contribution in [0.25, 0.3) is 10.2 Å². The predicted molar refractivity (Wildman–Crippen MR) is 87.5 cm³/mol. The number of nitrogens with zero attached hydrogens (tertiary/aromatic N) is 2. The zero-order chi connectivity index (χ0) is 15.6. The maximum Gasteiger partial charge on any atom is 0.120 e. The standard InChI is InChI=1S/C16H22N2O3S/c1-18(16(11-19)5-7-21-8-6-16)10-15-17-13-4-3-12(20-2)9-14(13)22-15/h3-4,9,19H,5-8,10-11H2,1-2H3. The lowest BCUT2D eigenvalue weighted by Gasteiger charge is -2.42. The minimum Gasteiger partial charge on any atom is -0.497 e. The van der Waals surface area contributed by atoms with E-state index in [9.17, 15) is 5.11 Å². The maximum absolute atomic E-state index is 9.87. The number of methoxy groups -OCH3 is 1. The van der Waals surface area contributed by atoms with Gasteiger partial charge in [0, 0.05) is 18.8 Å². The van der Waals surface area contributed by atoms with E-state index in [4.69, 9.17) is 14.5 Å². The van der Waals surface area contributed by atoms with Crippen LogP contribution >= 0.6 is 11.3 Å². The van der Waals surface area contributed by atoms with Gasteiger partial charge in [-0.05, 0) is 38.1 Å². The predicted octanol–water partition coefficient (Wildman–Crippen LogP) is 2.28. The zero-order valence-corrected chi connectivity index (χ0v) is 13.9. The summed E-state index contributed by atoms with van der Waals surface area (Å²) in [5.74, 6) is 0.854. The van der Waals surface area contributed by atoms with E-state index in [2.05, 4.69) is 11.9 Å². The molecule has 3 rings (SSSR count). The zero-order valence-electron chi connectivity index (χ0n) is 13.0. The average Bonchev–Trinajstić information content (AvgIpc) is 2.96. The fourth-order valence-corrected chi connectivity index (χ4v) is 3.98. The molecule has 1 aliphatic heterocycles. The fourth-order valence-electron chi connectivity index (χ4n) is 2.93. The number of hydrogen-bond donors (Lipinski definition) is 1. The van der Waals surface area contributed by atoms with E-state index in [1.807, 2.05) is 18.2 Å². The molecule has 6 heteroatoms. The monoisotopic (exact) mass is 322 g/mol. The Bertz CT molecular complexity index is 637. The Morgan fingerprint density at radius 1 is 1.41 bits per heavy atom. The molecule has 1 aliphatic rings. The van der Waals surface area contributed by atoms with Gasteiger partial charge in [-0.15, -0.1) is 11.3 Å². The number of aliphatic hydroxyl groups is 1. The van der Waals surface area contributed by atoms with Crippen LogP contribution in [0.1, 0.15) is 17.8 Å². The highest BCUT2D eigenvalue weighted by Gasteiger charge is 2.36. The lowest BCUT2D eigenvalue weighted by Crippen LogP contribution is -2.52. The van der Waals surface area contributed by atoms with Gasteiger partial charge in [0.05, 0.1) is 30.5 Å². The highest BCUT2D eigenvalue weighted by molar-refractivity contribution is 7.18. The van der Waals surface area contributed by atoms with Crippen LogP contribution in [0, 0.1) is 0 Å². The normalized spacial score (nSPS) is 18.0. The molecule has 5 nitrogen and oxygen atoms in total. The van der Waals surface area contributed by atoms with Crippen molar-refractivity contribution >= 4 is 21.6 Å². The first kappa shape index (κ1) is 15.7. The topological polar surface area (TPSA) is 54.8 Å². The van der Waals surface area contributed by atoms with Gasteiger partial charge in [-0.2, -0.15) is 0 Å². The summed E-state index contributed by atoms with van der Waals surface area (Å²) in [6.45, 7) is 2.32. The summed E-state index contributed by atoms with van der Waals surface area (Å²) >= 11 is 1.68. The van der Waals surface area contributed by atoms with E-state index in [1.54, 1.807) is 18.4 Å². The van der Waals surface area contributed by atoms with Crippen LogP contribution in [-0.4, -0.2) is 54.5 Å². The van der Waals surface area contributed by atoms with E-state index in [-0.39, 0.29) is 12.1 Å². The number of thiazole rings is 1. The number of ether oxygens (including phenoxy) is 2. The van der Waals surface area contributed by atoms with Crippen molar-refractivity contribution < 1.29 is 14.6 Å². The molecule has 0 unspecified atom stereocenters. The molecule has 0 spiro atoms. The van der Waals surface area contributed by atoms with Gasteiger partial charge < -0.3 is 14.6 Å². The van der Waals surface area contributed by atoms with Gasteiger partial charge in [0.2, 0.25) is 0 Å². The van der Waals surface area contributed by atoms with Crippen molar-refractivity contribution in [3.63, 3.8) is 0 Å². The van der Waals surface area contributed by atoms with Crippen molar-refractivity contribution in [2.24, 2.45) is 0 Å². The number of aromatic nitrogens is 1. The third kappa shape index (κ3) is 2.96. The van der Waals surface area contributed by atoms with Crippen LogP contribution in [0.2, 0.25) is 0 Å². The van der Waals surface area contributed by atoms with Crippen LogP contribution in [0.4, 0.5) is 0 Å². The Morgan fingerprint density at radius 2 is 2.18 bits per heavy atom. The molecule has 0 atom stereocenters. The molecule has 2 heterocycles. The van der Waals surface area contributed by atoms with Crippen molar-refractivity contribution in [1.82, 2.24) is 9.88 Å². The quantitative estimate of drug-likeness (QED) is 0.915. The number of hydrogen-bond acceptors (Lipinski definition) is 6. The van der Waals surface area contributed by atoms with Crippen LogP contribution in [0.15, 0.2) is 18.2 Å². The Labute approximate surface area is 134 Å². The van der Waals surface area contributed by atoms with Crippen molar-refractivity contribution in [1.29, 1.82) is 0 Å². The van der Waals surface area contributed by atoms with Gasteiger partial charge >= 0.3 is 0 Å². The van der Waals surface area contributed by atoms with Crippen molar-refractivity contribution in [3.8, 4) is 5.75 Å². The molecular formula is C16H22N2O3S. The molecule has 0 amide bonds. The minimum absolute atomic E-state index is 0.158. The second kappa shape index (κ2) is 6.50. The molecule has 1 saturated heterocycles. The van der Waals surface area contributed by atoms with E-state index >= 15 is 0 Å². The van der Waals surface area contributed by atoms with Gasteiger partial charge in [0.15, 0.2) is 0 Å². The fraction of sp³-hybridized carbons (Fsp3) is 0.562. The first-order chi connectivity index (χ1) is 10.7. The van der Waals surface area contributed by atoms with Gasteiger partial charge in [0.25, 0.3) is 0 Å². The molecule has 1 aromatic carbocycles. The summed E-state index contributed by atoms with van der Waals surface area (Å²) in [6, 6.07) is 5.94. The number of likely N-dealkylation sites (N-methyl/N-ethyl adjacent to an activating group) is 1. The number of rotatable bonds is 5. The van der Waals surface area contributed by atoms with Crippen molar-refractivity contribution in [2.75, 3.05) is 34.0 Å². The summed E-state index contributed by atoms with van der Waals surface area (Å²) in [5.41, 5.74) is 0.813. The van der Waals surface area contributed by atoms with Gasteiger partial charge in [-0.25, -0.2) is 4.98 Å². The summed E-state index contributed by atoms with van der Waals surface area (Å²) < 4.78 is 11.8. The summed E-state index contributed by atoms with van der Waals surface area (Å²) in [6.07, 6.45) is 1.72. The van der Waals surface area contributed by atoms with Crippen LogP contribution in [0.5, 0.6) is 5.75 Å². The molecule has 22 heavy (non-hydrogen) atoms. The SMILES string of the molecule is COc1ccc2nc(CN(C)C3(CO)CCOCC3)sc2c1. The summed E-state index contributed by atoms with van der Waals surface area (Å²) in [4.78, 5) is 6.92. The second-order valence-electron chi connectivity index (χ2n) is 5.79.